The average Bonchev–Trinajstić information content (AvgIpc) is 2.17. The number of hydrogen-bond donors (Lipinski definition) is 1. The van der Waals surface area contributed by atoms with Crippen molar-refractivity contribution in [1.82, 2.24) is 4.57 Å². The molecule has 1 amide bonds. The third kappa shape index (κ3) is 1.49. The maximum absolute atomic E-state index is 10.7. The molecule has 0 aromatic carbocycles. The standard InChI is InChI=1S/C6H6Br2N2O/c1-10-4(6(9)11)2-3(7)5(10)8/h2H,1H3,(H2,9,11). The van der Waals surface area contributed by atoms with Gasteiger partial charge in [-0.3, -0.25) is 4.79 Å². The molecule has 0 saturated heterocycles. The van der Waals surface area contributed by atoms with Crippen LogP contribution in [0, 0.1) is 0 Å². The summed E-state index contributed by atoms with van der Waals surface area (Å²) >= 11 is 6.54. The fourth-order valence-corrected chi connectivity index (χ4v) is 1.57. The summed E-state index contributed by atoms with van der Waals surface area (Å²) in [6, 6.07) is 1.67. The highest BCUT2D eigenvalue weighted by molar-refractivity contribution is 9.13. The van der Waals surface area contributed by atoms with E-state index in [-0.39, 0.29) is 0 Å². The molecule has 5 heteroatoms. The number of nitrogens with zero attached hydrogens (tertiary/aromatic N) is 1. The highest BCUT2D eigenvalue weighted by Crippen LogP contribution is 2.25. The van der Waals surface area contributed by atoms with Crippen LogP contribution in [0.3, 0.4) is 0 Å². The van der Waals surface area contributed by atoms with E-state index in [1.165, 1.54) is 0 Å². The Morgan fingerprint density at radius 3 is 2.36 bits per heavy atom. The number of carbonyl (C=O) groups is 1. The van der Waals surface area contributed by atoms with Crippen LogP contribution in [0.15, 0.2) is 15.1 Å². The monoisotopic (exact) mass is 280 g/mol. The van der Waals surface area contributed by atoms with E-state index in [0.29, 0.717) is 5.69 Å². The third-order valence-electron chi connectivity index (χ3n) is 1.37. The quantitative estimate of drug-likeness (QED) is 0.836. The lowest BCUT2D eigenvalue weighted by molar-refractivity contribution is 0.0992. The van der Waals surface area contributed by atoms with Gasteiger partial charge in [-0.2, -0.15) is 0 Å². The van der Waals surface area contributed by atoms with E-state index >= 15 is 0 Å². The third-order valence-corrected chi connectivity index (χ3v) is 3.46. The van der Waals surface area contributed by atoms with Crippen LogP contribution in [0.1, 0.15) is 10.5 Å². The summed E-state index contributed by atoms with van der Waals surface area (Å²) < 4.78 is 3.31. The van der Waals surface area contributed by atoms with Gasteiger partial charge in [-0.1, -0.05) is 0 Å². The normalized spacial score (nSPS) is 10.1. The number of aromatic nitrogens is 1. The van der Waals surface area contributed by atoms with Crippen molar-refractivity contribution in [2.24, 2.45) is 12.8 Å². The van der Waals surface area contributed by atoms with Crippen molar-refractivity contribution in [2.75, 3.05) is 0 Å². The highest BCUT2D eigenvalue weighted by atomic mass is 79.9. The van der Waals surface area contributed by atoms with Gasteiger partial charge < -0.3 is 10.3 Å². The Hall–Kier alpha value is -0.290. The molecule has 0 atom stereocenters. The molecule has 3 nitrogen and oxygen atoms in total. The molecule has 60 valence electrons. The number of primary amides is 1. The molecular weight excluding hydrogens is 276 g/mol. The second kappa shape index (κ2) is 2.98. The van der Waals surface area contributed by atoms with Crippen LogP contribution in [0.25, 0.3) is 0 Å². The molecule has 2 N–H and O–H groups in total. The van der Waals surface area contributed by atoms with E-state index in [1.54, 1.807) is 17.7 Å². The zero-order valence-electron chi connectivity index (χ0n) is 5.77. The summed E-state index contributed by atoms with van der Waals surface area (Å²) in [6.45, 7) is 0. The summed E-state index contributed by atoms with van der Waals surface area (Å²) in [6.07, 6.45) is 0. The largest absolute Gasteiger partial charge is 0.364 e. The molecule has 0 unspecified atom stereocenters. The Kier molecular flexibility index (Phi) is 2.39. The van der Waals surface area contributed by atoms with Gasteiger partial charge in [0.05, 0.1) is 9.08 Å². The molecule has 0 radical (unpaired) electrons. The minimum absolute atomic E-state index is 0.432. The topological polar surface area (TPSA) is 48.0 Å². The van der Waals surface area contributed by atoms with E-state index in [9.17, 15) is 4.79 Å². The van der Waals surface area contributed by atoms with E-state index < -0.39 is 5.91 Å². The number of hydrogen-bond acceptors (Lipinski definition) is 1. The van der Waals surface area contributed by atoms with Gasteiger partial charge in [0.15, 0.2) is 0 Å². The van der Waals surface area contributed by atoms with Gasteiger partial charge in [-0.05, 0) is 37.9 Å². The highest BCUT2D eigenvalue weighted by Gasteiger charge is 2.11. The van der Waals surface area contributed by atoms with Crippen molar-refractivity contribution >= 4 is 37.8 Å². The van der Waals surface area contributed by atoms with Gasteiger partial charge in [0.25, 0.3) is 5.91 Å². The van der Waals surface area contributed by atoms with Gasteiger partial charge in [0.1, 0.15) is 5.69 Å². The predicted octanol–water partition coefficient (Wildman–Crippen LogP) is 1.65. The van der Waals surface area contributed by atoms with Crippen LogP contribution in [-0.4, -0.2) is 10.5 Å². The second-order valence-electron chi connectivity index (χ2n) is 2.09. The Morgan fingerprint density at radius 2 is 2.18 bits per heavy atom. The first kappa shape index (κ1) is 8.80. The SMILES string of the molecule is Cn1c(C(N)=O)cc(Br)c1Br. The smallest absolute Gasteiger partial charge is 0.265 e. The predicted molar refractivity (Wildman–Crippen MR) is 49.3 cm³/mol. The van der Waals surface area contributed by atoms with Crippen molar-refractivity contribution in [3.8, 4) is 0 Å². The van der Waals surface area contributed by atoms with Crippen LogP contribution >= 0.6 is 31.9 Å². The van der Waals surface area contributed by atoms with E-state index in [0.717, 1.165) is 9.08 Å². The molecule has 0 saturated carbocycles. The fraction of sp³-hybridized carbons (Fsp3) is 0.167. The summed E-state index contributed by atoms with van der Waals surface area (Å²) in [5, 5.41) is 0. The molecule has 0 bridgehead atoms. The molecule has 0 aliphatic carbocycles. The lowest BCUT2D eigenvalue weighted by Gasteiger charge is -1.97. The van der Waals surface area contributed by atoms with Crippen LogP contribution in [0.4, 0.5) is 0 Å². The maximum atomic E-state index is 10.7. The zero-order chi connectivity index (χ0) is 8.59. The van der Waals surface area contributed by atoms with Crippen molar-refractivity contribution in [2.45, 2.75) is 0 Å². The van der Waals surface area contributed by atoms with Crippen LogP contribution in [-0.2, 0) is 7.05 Å². The number of rotatable bonds is 1. The zero-order valence-corrected chi connectivity index (χ0v) is 8.94. The van der Waals surface area contributed by atoms with Crippen molar-refractivity contribution < 1.29 is 4.79 Å². The molecule has 0 fully saturated rings. The molecule has 0 aliphatic rings. The van der Waals surface area contributed by atoms with E-state index in [2.05, 4.69) is 31.9 Å². The summed E-state index contributed by atoms with van der Waals surface area (Å²) in [7, 11) is 1.76. The van der Waals surface area contributed by atoms with Crippen LogP contribution < -0.4 is 5.73 Å². The fourth-order valence-electron chi connectivity index (χ4n) is 0.779. The number of halogens is 2. The molecular formula is C6H6Br2N2O. The second-order valence-corrected chi connectivity index (χ2v) is 3.70. The van der Waals surface area contributed by atoms with Gasteiger partial charge >= 0.3 is 0 Å². The molecule has 11 heavy (non-hydrogen) atoms. The molecule has 1 rings (SSSR count). The summed E-state index contributed by atoms with van der Waals surface area (Å²) in [5.41, 5.74) is 5.57. The Morgan fingerprint density at radius 1 is 1.64 bits per heavy atom. The lowest BCUT2D eigenvalue weighted by Crippen LogP contribution is -2.14. The van der Waals surface area contributed by atoms with Crippen molar-refractivity contribution in [3.63, 3.8) is 0 Å². The first-order valence-corrected chi connectivity index (χ1v) is 4.43. The molecule has 1 heterocycles. The van der Waals surface area contributed by atoms with Gasteiger partial charge in [0.2, 0.25) is 0 Å². The average molecular weight is 282 g/mol. The van der Waals surface area contributed by atoms with Gasteiger partial charge in [0, 0.05) is 7.05 Å². The first-order valence-electron chi connectivity index (χ1n) is 2.84. The van der Waals surface area contributed by atoms with Gasteiger partial charge in [-0.15, -0.1) is 0 Å². The Labute approximate surface area is 80.8 Å². The minimum Gasteiger partial charge on any atom is -0.364 e. The number of nitrogens with two attached hydrogens (primary N) is 1. The molecule has 1 aromatic heterocycles. The Bertz CT molecular complexity index is 306. The molecule has 0 aliphatic heterocycles. The maximum Gasteiger partial charge on any atom is 0.265 e. The van der Waals surface area contributed by atoms with Gasteiger partial charge in [-0.25, -0.2) is 0 Å². The summed E-state index contributed by atoms with van der Waals surface area (Å²) in [5.74, 6) is -0.432. The first-order chi connectivity index (χ1) is 5.04. The summed E-state index contributed by atoms with van der Waals surface area (Å²) in [4.78, 5) is 10.7. The van der Waals surface area contributed by atoms with E-state index in [4.69, 9.17) is 5.73 Å². The number of carbonyl (C=O) groups excluding carboxylic acids is 1. The lowest BCUT2D eigenvalue weighted by atomic mass is 10.4. The van der Waals surface area contributed by atoms with Crippen LogP contribution in [0.2, 0.25) is 0 Å². The number of amides is 1. The Balaban J connectivity index is 3.29. The van der Waals surface area contributed by atoms with Crippen LogP contribution in [0.5, 0.6) is 0 Å². The molecule has 0 spiro atoms. The van der Waals surface area contributed by atoms with Crippen molar-refractivity contribution in [1.29, 1.82) is 0 Å². The minimum atomic E-state index is -0.432. The van der Waals surface area contributed by atoms with Crippen molar-refractivity contribution in [3.05, 3.63) is 20.8 Å². The molecule has 1 aromatic rings. The van der Waals surface area contributed by atoms with E-state index in [1.807, 2.05) is 0 Å².